The number of carbonyl (C=O) groups excluding carboxylic acids is 1. The van der Waals surface area contributed by atoms with Crippen LogP contribution in [0.15, 0.2) is 23.1 Å². The van der Waals surface area contributed by atoms with Crippen molar-refractivity contribution in [1.82, 2.24) is 5.32 Å². The van der Waals surface area contributed by atoms with Crippen molar-refractivity contribution in [2.75, 3.05) is 7.05 Å². The predicted molar refractivity (Wildman–Crippen MR) is 64.1 cm³/mol. The van der Waals surface area contributed by atoms with E-state index in [1.807, 2.05) is 0 Å². The molecule has 1 aromatic rings. The molecule has 1 amide bonds. The van der Waals surface area contributed by atoms with E-state index in [1.54, 1.807) is 0 Å². The molecule has 1 unspecified atom stereocenters. The van der Waals surface area contributed by atoms with Crippen LogP contribution < -0.4 is 5.32 Å². The van der Waals surface area contributed by atoms with Crippen molar-refractivity contribution in [3.63, 3.8) is 0 Å². The normalized spacial score (nSPS) is 12.8. The molecule has 0 bridgehead atoms. The molecule has 0 saturated carbocycles. The Balaban J connectivity index is 3.34. The maximum absolute atomic E-state index is 13.2. The number of hydrogen-bond donors (Lipinski definition) is 2. The van der Waals surface area contributed by atoms with Gasteiger partial charge in [-0.25, -0.2) is 17.6 Å². The molecule has 0 aliphatic carbocycles. The lowest BCUT2D eigenvalue weighted by Gasteiger charge is -2.12. The topological polar surface area (TPSA) is 101 Å². The van der Waals surface area contributed by atoms with E-state index in [1.165, 1.54) is 7.05 Å². The second-order valence-electron chi connectivity index (χ2n) is 3.75. The number of sulfone groups is 1. The Morgan fingerprint density at radius 1 is 1.37 bits per heavy atom. The largest absolute Gasteiger partial charge is 0.478 e. The Hall–Kier alpha value is -1.96. The molecule has 0 spiro atoms. The SMILES string of the molecule is CNC(=O)C(C)S(=O)(=O)c1ccc(F)c(C(=O)O)c1. The maximum Gasteiger partial charge on any atom is 0.338 e. The lowest BCUT2D eigenvalue weighted by Crippen LogP contribution is -2.35. The van der Waals surface area contributed by atoms with E-state index in [4.69, 9.17) is 5.11 Å². The highest BCUT2D eigenvalue weighted by atomic mass is 32.2. The standard InChI is InChI=1S/C11H12FNO5S/c1-6(10(14)13-2)19(17,18)7-3-4-9(12)8(5-7)11(15)16/h3-6H,1-2H3,(H,13,14)(H,15,16). The smallest absolute Gasteiger partial charge is 0.338 e. The van der Waals surface area contributed by atoms with Gasteiger partial charge in [0.05, 0.1) is 10.5 Å². The molecule has 1 aromatic carbocycles. The Morgan fingerprint density at radius 2 is 1.95 bits per heavy atom. The van der Waals surface area contributed by atoms with Crippen LogP contribution in [-0.2, 0) is 14.6 Å². The van der Waals surface area contributed by atoms with Crippen molar-refractivity contribution < 1.29 is 27.5 Å². The lowest BCUT2D eigenvalue weighted by atomic mass is 10.2. The number of benzene rings is 1. The van der Waals surface area contributed by atoms with E-state index in [-0.39, 0.29) is 0 Å². The number of carbonyl (C=O) groups is 2. The van der Waals surface area contributed by atoms with Crippen molar-refractivity contribution in [3.8, 4) is 0 Å². The second-order valence-corrected chi connectivity index (χ2v) is 6.02. The van der Waals surface area contributed by atoms with Gasteiger partial charge in [0.1, 0.15) is 11.1 Å². The molecule has 104 valence electrons. The Labute approximate surface area is 109 Å². The summed E-state index contributed by atoms with van der Waals surface area (Å²) in [4.78, 5) is 21.7. The zero-order valence-corrected chi connectivity index (χ0v) is 11.0. The molecule has 2 N–H and O–H groups in total. The fourth-order valence-corrected chi connectivity index (χ4v) is 2.74. The summed E-state index contributed by atoms with van der Waals surface area (Å²) in [6.07, 6.45) is 0. The van der Waals surface area contributed by atoms with Crippen LogP contribution in [0.5, 0.6) is 0 Å². The first-order valence-electron chi connectivity index (χ1n) is 5.20. The molecule has 0 aliphatic rings. The third kappa shape index (κ3) is 2.90. The minimum absolute atomic E-state index is 0.414. The van der Waals surface area contributed by atoms with Gasteiger partial charge in [-0.05, 0) is 25.1 Å². The zero-order valence-electron chi connectivity index (χ0n) is 10.2. The van der Waals surface area contributed by atoms with Crippen molar-refractivity contribution in [2.24, 2.45) is 0 Å². The second kappa shape index (κ2) is 5.35. The molecule has 19 heavy (non-hydrogen) atoms. The number of amides is 1. The summed E-state index contributed by atoms with van der Waals surface area (Å²) in [6.45, 7) is 1.16. The predicted octanol–water partition coefficient (Wildman–Crippen LogP) is 0.432. The Bertz CT molecular complexity index is 626. The summed E-state index contributed by atoms with van der Waals surface area (Å²) in [5, 5.41) is 9.52. The number of halogens is 1. The highest BCUT2D eigenvalue weighted by molar-refractivity contribution is 7.92. The fourth-order valence-electron chi connectivity index (χ4n) is 1.39. The van der Waals surface area contributed by atoms with Gasteiger partial charge in [0.2, 0.25) is 5.91 Å². The minimum Gasteiger partial charge on any atom is -0.478 e. The number of rotatable bonds is 4. The molecule has 8 heteroatoms. The van der Waals surface area contributed by atoms with E-state index < -0.39 is 43.2 Å². The number of carboxylic acid groups (broad SMARTS) is 1. The van der Waals surface area contributed by atoms with Crippen LogP contribution in [-0.4, -0.2) is 37.7 Å². The lowest BCUT2D eigenvalue weighted by molar-refractivity contribution is -0.119. The van der Waals surface area contributed by atoms with Crippen molar-refractivity contribution in [3.05, 3.63) is 29.6 Å². The molecule has 1 atom stereocenters. The number of aromatic carboxylic acids is 1. The van der Waals surface area contributed by atoms with E-state index in [2.05, 4.69) is 5.32 Å². The van der Waals surface area contributed by atoms with Gasteiger partial charge in [-0.15, -0.1) is 0 Å². The van der Waals surface area contributed by atoms with Crippen LogP contribution in [0.25, 0.3) is 0 Å². The van der Waals surface area contributed by atoms with Crippen molar-refractivity contribution >= 4 is 21.7 Å². The summed E-state index contributed by atoms with van der Waals surface area (Å²) in [7, 11) is -2.79. The average molecular weight is 289 g/mol. The highest BCUT2D eigenvalue weighted by Crippen LogP contribution is 2.19. The van der Waals surface area contributed by atoms with Crippen LogP contribution in [0, 0.1) is 5.82 Å². The van der Waals surface area contributed by atoms with E-state index in [9.17, 15) is 22.4 Å². The summed E-state index contributed by atoms with van der Waals surface area (Å²) in [6, 6.07) is 2.37. The average Bonchev–Trinajstić information content (AvgIpc) is 2.36. The van der Waals surface area contributed by atoms with Gasteiger partial charge in [0.15, 0.2) is 9.84 Å². The number of nitrogens with one attached hydrogen (secondary N) is 1. The zero-order chi connectivity index (χ0) is 14.8. The van der Waals surface area contributed by atoms with E-state index in [0.717, 1.165) is 19.1 Å². The fraction of sp³-hybridized carbons (Fsp3) is 0.273. The molecule has 1 rings (SSSR count). The molecule has 0 fully saturated rings. The molecule has 0 saturated heterocycles. The molecule has 0 aromatic heterocycles. The first-order valence-corrected chi connectivity index (χ1v) is 6.74. The maximum atomic E-state index is 13.2. The number of carboxylic acids is 1. The number of hydrogen-bond acceptors (Lipinski definition) is 4. The van der Waals surface area contributed by atoms with Gasteiger partial charge in [-0.2, -0.15) is 0 Å². The van der Waals surface area contributed by atoms with Crippen LogP contribution in [0.4, 0.5) is 4.39 Å². The minimum atomic E-state index is -4.07. The quantitative estimate of drug-likeness (QED) is 0.783. The Morgan fingerprint density at radius 3 is 2.42 bits per heavy atom. The molecule has 6 nitrogen and oxygen atoms in total. The molecular formula is C11H12FNO5S. The van der Waals surface area contributed by atoms with Crippen molar-refractivity contribution in [2.45, 2.75) is 17.1 Å². The third-order valence-electron chi connectivity index (χ3n) is 2.58. The highest BCUT2D eigenvalue weighted by Gasteiger charge is 2.30. The van der Waals surface area contributed by atoms with Gasteiger partial charge in [0, 0.05) is 7.05 Å². The van der Waals surface area contributed by atoms with Crippen LogP contribution in [0.3, 0.4) is 0 Å². The van der Waals surface area contributed by atoms with Crippen LogP contribution >= 0.6 is 0 Å². The third-order valence-corrected chi connectivity index (χ3v) is 4.63. The molecular weight excluding hydrogens is 277 g/mol. The van der Waals surface area contributed by atoms with Gasteiger partial charge < -0.3 is 10.4 Å². The van der Waals surface area contributed by atoms with Crippen LogP contribution in [0.2, 0.25) is 0 Å². The summed E-state index contributed by atoms with van der Waals surface area (Å²) < 4.78 is 37.3. The molecule has 0 radical (unpaired) electrons. The summed E-state index contributed by atoms with van der Waals surface area (Å²) >= 11 is 0. The first kappa shape index (κ1) is 15.1. The van der Waals surface area contributed by atoms with E-state index >= 15 is 0 Å². The van der Waals surface area contributed by atoms with Gasteiger partial charge in [0.25, 0.3) is 0 Å². The van der Waals surface area contributed by atoms with Gasteiger partial charge in [-0.1, -0.05) is 0 Å². The van der Waals surface area contributed by atoms with Gasteiger partial charge in [-0.3, -0.25) is 4.79 Å². The molecule has 0 heterocycles. The summed E-state index contributed by atoms with van der Waals surface area (Å²) in [5.74, 6) is -3.36. The first-order chi connectivity index (χ1) is 8.71. The monoisotopic (exact) mass is 289 g/mol. The molecule has 0 aliphatic heterocycles. The van der Waals surface area contributed by atoms with E-state index in [0.29, 0.717) is 6.07 Å². The Kier molecular flexibility index (Phi) is 4.25. The summed E-state index contributed by atoms with van der Waals surface area (Å²) in [5.41, 5.74) is -0.759. The van der Waals surface area contributed by atoms with Crippen LogP contribution in [0.1, 0.15) is 17.3 Å². The van der Waals surface area contributed by atoms with Gasteiger partial charge >= 0.3 is 5.97 Å². The van der Waals surface area contributed by atoms with Crippen molar-refractivity contribution in [1.29, 1.82) is 0 Å².